The van der Waals surface area contributed by atoms with E-state index in [9.17, 15) is 9.59 Å². The van der Waals surface area contributed by atoms with Crippen LogP contribution in [-0.2, 0) is 9.59 Å². The zero-order valence-corrected chi connectivity index (χ0v) is 9.85. The molecule has 0 aromatic heterocycles. The second-order valence-corrected chi connectivity index (χ2v) is 3.97. The van der Waals surface area contributed by atoms with Crippen molar-refractivity contribution in [2.75, 3.05) is 40.3 Å². The average molecular weight is 232 g/mol. The normalized spacial score (nSPS) is 11.0. The summed E-state index contributed by atoms with van der Waals surface area (Å²) >= 11 is 0. The van der Waals surface area contributed by atoms with Crippen LogP contribution in [0, 0.1) is 0 Å². The summed E-state index contributed by atoms with van der Waals surface area (Å²) in [4.78, 5) is 24.6. The van der Waals surface area contributed by atoms with E-state index in [4.69, 9.17) is 10.2 Å². The zero-order chi connectivity index (χ0) is 12.6. The summed E-state index contributed by atoms with van der Waals surface area (Å²) in [6.07, 6.45) is 0.815. The number of hydrogen-bond donors (Lipinski definition) is 2. The molecule has 0 aromatic rings. The van der Waals surface area contributed by atoms with E-state index < -0.39 is 11.9 Å². The second-order valence-electron chi connectivity index (χ2n) is 3.97. The van der Waals surface area contributed by atoms with Gasteiger partial charge >= 0.3 is 11.9 Å². The molecule has 0 unspecified atom stereocenters. The largest absolute Gasteiger partial charge is 0.481 e. The Morgan fingerprint density at radius 2 is 1.62 bits per heavy atom. The lowest BCUT2D eigenvalue weighted by molar-refractivity contribution is -0.141. The maximum atomic E-state index is 10.6. The summed E-state index contributed by atoms with van der Waals surface area (Å²) in [7, 11) is 3.89. The van der Waals surface area contributed by atoms with Crippen molar-refractivity contribution in [2.24, 2.45) is 0 Å². The minimum atomic E-state index is -0.921. The molecule has 0 aliphatic carbocycles. The SMILES string of the molecule is CN(C)CCCN(CCC(=O)O)CC(=O)O. The Bertz CT molecular complexity index is 231. The van der Waals surface area contributed by atoms with Crippen LogP contribution in [-0.4, -0.2) is 72.2 Å². The average Bonchev–Trinajstić information content (AvgIpc) is 2.12. The summed E-state index contributed by atoms with van der Waals surface area (Å²) in [6.45, 7) is 1.66. The van der Waals surface area contributed by atoms with E-state index in [1.54, 1.807) is 4.90 Å². The predicted octanol–water partition coefficient (Wildman–Crippen LogP) is -0.201. The number of hydrogen-bond acceptors (Lipinski definition) is 4. The van der Waals surface area contributed by atoms with Gasteiger partial charge in [0.1, 0.15) is 0 Å². The highest BCUT2D eigenvalue weighted by Crippen LogP contribution is 1.95. The van der Waals surface area contributed by atoms with Gasteiger partial charge in [0.2, 0.25) is 0 Å². The van der Waals surface area contributed by atoms with Crippen LogP contribution in [0.15, 0.2) is 0 Å². The van der Waals surface area contributed by atoms with Gasteiger partial charge in [-0.15, -0.1) is 0 Å². The van der Waals surface area contributed by atoms with Crippen LogP contribution < -0.4 is 0 Å². The molecular formula is C10H20N2O4. The molecule has 0 bridgehead atoms. The molecular weight excluding hydrogens is 212 g/mol. The first-order chi connectivity index (χ1) is 7.41. The molecule has 0 radical (unpaired) electrons. The maximum Gasteiger partial charge on any atom is 0.317 e. The standard InChI is InChI=1S/C10H20N2O4/c1-11(2)5-3-6-12(8-10(15)16)7-4-9(13)14/h3-8H2,1-2H3,(H,13,14)(H,15,16). The van der Waals surface area contributed by atoms with Gasteiger partial charge in [-0.3, -0.25) is 14.5 Å². The maximum absolute atomic E-state index is 10.6. The molecule has 16 heavy (non-hydrogen) atoms. The molecule has 0 spiro atoms. The molecule has 0 atom stereocenters. The van der Waals surface area contributed by atoms with Crippen LogP contribution in [0.4, 0.5) is 0 Å². The van der Waals surface area contributed by atoms with Gasteiger partial charge in [0.05, 0.1) is 13.0 Å². The zero-order valence-electron chi connectivity index (χ0n) is 9.85. The molecule has 0 aliphatic rings. The molecule has 0 fully saturated rings. The minimum absolute atomic E-state index is 0.0186. The summed E-state index contributed by atoms with van der Waals surface area (Å²) in [6, 6.07) is 0. The third kappa shape index (κ3) is 9.42. The van der Waals surface area contributed by atoms with Crippen molar-refractivity contribution in [3.8, 4) is 0 Å². The van der Waals surface area contributed by atoms with Gasteiger partial charge in [-0.25, -0.2) is 0 Å². The Labute approximate surface area is 95.5 Å². The number of carboxylic acids is 2. The number of carboxylic acid groups (broad SMARTS) is 2. The monoisotopic (exact) mass is 232 g/mol. The van der Waals surface area contributed by atoms with Crippen LogP contribution in [0.1, 0.15) is 12.8 Å². The smallest absolute Gasteiger partial charge is 0.317 e. The molecule has 0 heterocycles. The quantitative estimate of drug-likeness (QED) is 0.573. The van der Waals surface area contributed by atoms with Crippen LogP contribution >= 0.6 is 0 Å². The topological polar surface area (TPSA) is 81.1 Å². The summed E-state index contributed by atoms with van der Waals surface area (Å²) in [5, 5.41) is 17.2. The fraction of sp³-hybridized carbons (Fsp3) is 0.800. The highest BCUT2D eigenvalue weighted by atomic mass is 16.4. The molecule has 0 saturated carbocycles. The van der Waals surface area contributed by atoms with Crippen LogP contribution in [0.3, 0.4) is 0 Å². The fourth-order valence-corrected chi connectivity index (χ4v) is 1.33. The van der Waals surface area contributed by atoms with E-state index in [0.29, 0.717) is 6.54 Å². The van der Waals surface area contributed by atoms with Crippen molar-refractivity contribution in [1.82, 2.24) is 9.80 Å². The molecule has 94 valence electrons. The highest BCUT2D eigenvalue weighted by Gasteiger charge is 2.10. The van der Waals surface area contributed by atoms with Crippen molar-refractivity contribution in [3.63, 3.8) is 0 Å². The van der Waals surface area contributed by atoms with E-state index in [-0.39, 0.29) is 19.5 Å². The summed E-state index contributed by atoms with van der Waals surface area (Å²) in [5.74, 6) is -1.82. The number of nitrogens with zero attached hydrogens (tertiary/aromatic N) is 2. The van der Waals surface area contributed by atoms with Crippen molar-refractivity contribution in [2.45, 2.75) is 12.8 Å². The first kappa shape index (κ1) is 14.9. The van der Waals surface area contributed by atoms with Crippen molar-refractivity contribution in [1.29, 1.82) is 0 Å². The van der Waals surface area contributed by atoms with E-state index >= 15 is 0 Å². The van der Waals surface area contributed by atoms with Gasteiger partial charge in [-0.1, -0.05) is 0 Å². The molecule has 0 aromatic carbocycles. The van der Waals surface area contributed by atoms with E-state index in [1.807, 2.05) is 19.0 Å². The Morgan fingerprint density at radius 1 is 1.00 bits per heavy atom. The third-order valence-corrected chi connectivity index (χ3v) is 2.08. The molecule has 6 nitrogen and oxygen atoms in total. The molecule has 0 amide bonds. The number of carbonyl (C=O) groups is 2. The Balaban J connectivity index is 3.89. The van der Waals surface area contributed by atoms with E-state index in [2.05, 4.69) is 0 Å². The lowest BCUT2D eigenvalue weighted by Crippen LogP contribution is -2.34. The van der Waals surface area contributed by atoms with E-state index in [0.717, 1.165) is 13.0 Å². The van der Waals surface area contributed by atoms with Gasteiger partial charge in [-0.05, 0) is 33.6 Å². The lowest BCUT2D eigenvalue weighted by Gasteiger charge is -2.20. The first-order valence-corrected chi connectivity index (χ1v) is 5.22. The first-order valence-electron chi connectivity index (χ1n) is 5.22. The summed E-state index contributed by atoms with van der Waals surface area (Å²) < 4.78 is 0. The fourth-order valence-electron chi connectivity index (χ4n) is 1.33. The van der Waals surface area contributed by atoms with Gasteiger partial charge in [0.15, 0.2) is 0 Å². The molecule has 0 aliphatic heterocycles. The second kappa shape index (κ2) is 8.06. The molecule has 2 N–H and O–H groups in total. The Morgan fingerprint density at radius 3 is 2.06 bits per heavy atom. The van der Waals surface area contributed by atoms with Gasteiger partial charge < -0.3 is 15.1 Å². The molecule has 0 saturated heterocycles. The molecule has 0 rings (SSSR count). The molecule has 6 heteroatoms. The van der Waals surface area contributed by atoms with Gasteiger partial charge in [0, 0.05) is 6.54 Å². The number of aliphatic carboxylic acids is 2. The third-order valence-electron chi connectivity index (χ3n) is 2.08. The number of rotatable bonds is 9. The van der Waals surface area contributed by atoms with E-state index in [1.165, 1.54) is 0 Å². The van der Waals surface area contributed by atoms with Crippen LogP contribution in [0.2, 0.25) is 0 Å². The lowest BCUT2D eigenvalue weighted by atomic mass is 10.3. The Kier molecular flexibility index (Phi) is 7.49. The minimum Gasteiger partial charge on any atom is -0.481 e. The predicted molar refractivity (Wildman–Crippen MR) is 59.5 cm³/mol. The summed E-state index contributed by atoms with van der Waals surface area (Å²) in [5.41, 5.74) is 0. The van der Waals surface area contributed by atoms with Crippen molar-refractivity contribution in [3.05, 3.63) is 0 Å². The van der Waals surface area contributed by atoms with Crippen LogP contribution in [0.5, 0.6) is 0 Å². The van der Waals surface area contributed by atoms with Gasteiger partial charge in [-0.2, -0.15) is 0 Å². The van der Waals surface area contributed by atoms with Crippen molar-refractivity contribution < 1.29 is 19.8 Å². The Hall–Kier alpha value is -1.14. The van der Waals surface area contributed by atoms with Crippen molar-refractivity contribution >= 4 is 11.9 Å². The highest BCUT2D eigenvalue weighted by molar-refractivity contribution is 5.69. The van der Waals surface area contributed by atoms with Crippen LogP contribution in [0.25, 0.3) is 0 Å². The van der Waals surface area contributed by atoms with Gasteiger partial charge in [0.25, 0.3) is 0 Å².